The standard InChI is InChI=1S/C15H17F2N5O2/c1-24-14-10(16)7-9(8-11(14)17)19-15(23)18-5-4-13-21-20-12-3-2-6-22(12)13/h7-8H,2-6H2,1H3,(H2,18,19,23). The van der Waals surface area contributed by atoms with Crippen molar-refractivity contribution in [1.29, 1.82) is 0 Å². The SMILES string of the molecule is COc1c(F)cc(NC(=O)NCCc2nnc3n2CCC3)cc1F. The van der Waals surface area contributed by atoms with Gasteiger partial charge in [0.15, 0.2) is 17.4 Å². The van der Waals surface area contributed by atoms with Gasteiger partial charge in [-0.2, -0.15) is 0 Å². The summed E-state index contributed by atoms with van der Waals surface area (Å²) in [5.74, 6) is -0.455. The molecule has 0 fully saturated rings. The van der Waals surface area contributed by atoms with Crippen molar-refractivity contribution in [3.63, 3.8) is 0 Å². The van der Waals surface area contributed by atoms with Gasteiger partial charge in [-0.05, 0) is 6.42 Å². The Balaban J connectivity index is 1.52. The number of ether oxygens (including phenoxy) is 1. The van der Waals surface area contributed by atoms with E-state index in [1.165, 1.54) is 7.11 Å². The molecule has 2 N–H and O–H groups in total. The van der Waals surface area contributed by atoms with Gasteiger partial charge in [0.05, 0.1) is 7.11 Å². The van der Waals surface area contributed by atoms with Gasteiger partial charge in [0.25, 0.3) is 0 Å². The maximum Gasteiger partial charge on any atom is 0.319 e. The Bertz CT molecular complexity index is 739. The molecule has 0 saturated heterocycles. The smallest absolute Gasteiger partial charge is 0.319 e. The molecule has 0 spiro atoms. The molecule has 0 atom stereocenters. The molecular weight excluding hydrogens is 320 g/mol. The molecule has 0 saturated carbocycles. The lowest BCUT2D eigenvalue weighted by atomic mass is 10.2. The number of fused-ring (bicyclic) bond motifs is 1. The third-order valence-electron chi connectivity index (χ3n) is 3.78. The van der Waals surface area contributed by atoms with Crippen molar-refractivity contribution in [1.82, 2.24) is 20.1 Å². The monoisotopic (exact) mass is 337 g/mol. The summed E-state index contributed by atoms with van der Waals surface area (Å²) in [7, 11) is 1.17. The van der Waals surface area contributed by atoms with E-state index < -0.39 is 23.4 Å². The van der Waals surface area contributed by atoms with Gasteiger partial charge in [0, 0.05) is 43.8 Å². The van der Waals surface area contributed by atoms with E-state index in [4.69, 9.17) is 0 Å². The summed E-state index contributed by atoms with van der Waals surface area (Å²) in [5.41, 5.74) is 0.00618. The maximum atomic E-state index is 13.6. The van der Waals surface area contributed by atoms with E-state index in [9.17, 15) is 13.6 Å². The number of rotatable bonds is 5. The van der Waals surface area contributed by atoms with Gasteiger partial charge >= 0.3 is 6.03 Å². The molecule has 0 aliphatic carbocycles. The molecule has 1 aliphatic rings. The second-order valence-electron chi connectivity index (χ2n) is 5.39. The number of aryl methyl sites for hydroxylation is 1. The van der Waals surface area contributed by atoms with Crippen molar-refractivity contribution in [2.24, 2.45) is 0 Å². The first-order valence-corrected chi connectivity index (χ1v) is 7.57. The Labute approximate surface area is 137 Å². The van der Waals surface area contributed by atoms with Crippen molar-refractivity contribution in [2.45, 2.75) is 25.8 Å². The average Bonchev–Trinajstić information content (AvgIpc) is 3.11. The number of halogens is 2. The number of methoxy groups -OCH3 is 1. The highest BCUT2D eigenvalue weighted by Crippen LogP contribution is 2.25. The molecule has 1 aliphatic heterocycles. The quantitative estimate of drug-likeness (QED) is 0.873. The number of carbonyl (C=O) groups excluding carboxylic acids is 1. The van der Waals surface area contributed by atoms with Gasteiger partial charge in [0.1, 0.15) is 11.6 Å². The van der Waals surface area contributed by atoms with E-state index in [1.807, 2.05) is 4.57 Å². The second-order valence-corrected chi connectivity index (χ2v) is 5.39. The molecular formula is C15H17F2N5O2. The van der Waals surface area contributed by atoms with Crippen LogP contribution in [0.1, 0.15) is 18.1 Å². The van der Waals surface area contributed by atoms with Crippen LogP contribution in [0.3, 0.4) is 0 Å². The predicted octanol–water partition coefficient (Wildman–Crippen LogP) is 1.88. The Morgan fingerprint density at radius 1 is 1.33 bits per heavy atom. The van der Waals surface area contributed by atoms with Crippen molar-refractivity contribution in [3.8, 4) is 5.75 Å². The number of urea groups is 1. The molecule has 0 bridgehead atoms. The van der Waals surface area contributed by atoms with Crippen LogP contribution in [0, 0.1) is 11.6 Å². The summed E-state index contributed by atoms with van der Waals surface area (Å²) in [6.45, 7) is 1.24. The van der Waals surface area contributed by atoms with E-state index >= 15 is 0 Å². The zero-order valence-corrected chi connectivity index (χ0v) is 13.1. The number of anilines is 1. The fraction of sp³-hybridized carbons (Fsp3) is 0.400. The van der Waals surface area contributed by atoms with Crippen molar-refractivity contribution < 1.29 is 18.3 Å². The van der Waals surface area contributed by atoms with Gasteiger partial charge in [-0.1, -0.05) is 0 Å². The van der Waals surface area contributed by atoms with Gasteiger partial charge in [0.2, 0.25) is 0 Å². The molecule has 2 heterocycles. The highest BCUT2D eigenvalue weighted by atomic mass is 19.1. The first kappa shape index (κ1) is 16.2. The van der Waals surface area contributed by atoms with Crippen LogP contribution in [-0.2, 0) is 19.4 Å². The number of carbonyl (C=O) groups is 1. The first-order valence-electron chi connectivity index (χ1n) is 7.57. The fourth-order valence-electron chi connectivity index (χ4n) is 2.69. The minimum absolute atomic E-state index is 0.00618. The number of hydrogen-bond donors (Lipinski definition) is 2. The third-order valence-corrected chi connectivity index (χ3v) is 3.78. The summed E-state index contributed by atoms with van der Waals surface area (Å²) < 4.78 is 33.8. The van der Waals surface area contributed by atoms with Crippen LogP contribution in [0.2, 0.25) is 0 Å². The molecule has 7 nitrogen and oxygen atoms in total. The molecule has 2 amide bonds. The molecule has 128 valence electrons. The van der Waals surface area contributed by atoms with Gasteiger partial charge in [-0.3, -0.25) is 0 Å². The maximum absolute atomic E-state index is 13.6. The van der Waals surface area contributed by atoms with Crippen LogP contribution in [0.15, 0.2) is 12.1 Å². The highest BCUT2D eigenvalue weighted by molar-refractivity contribution is 5.89. The minimum atomic E-state index is -0.883. The number of benzene rings is 1. The summed E-state index contributed by atoms with van der Waals surface area (Å²) in [4.78, 5) is 11.8. The zero-order chi connectivity index (χ0) is 17.1. The largest absolute Gasteiger partial charge is 0.491 e. The van der Waals surface area contributed by atoms with Crippen LogP contribution >= 0.6 is 0 Å². The van der Waals surface area contributed by atoms with E-state index in [2.05, 4.69) is 25.6 Å². The van der Waals surface area contributed by atoms with Crippen molar-refractivity contribution in [3.05, 3.63) is 35.4 Å². The molecule has 0 radical (unpaired) electrons. The lowest BCUT2D eigenvalue weighted by Gasteiger charge is -2.10. The van der Waals surface area contributed by atoms with Crippen molar-refractivity contribution in [2.75, 3.05) is 19.0 Å². The number of nitrogens with zero attached hydrogens (tertiary/aromatic N) is 3. The van der Waals surface area contributed by atoms with Crippen molar-refractivity contribution >= 4 is 11.7 Å². The Hall–Kier alpha value is -2.71. The molecule has 0 unspecified atom stereocenters. The van der Waals surface area contributed by atoms with Crippen LogP contribution in [0.25, 0.3) is 0 Å². The van der Waals surface area contributed by atoms with E-state index in [1.54, 1.807) is 0 Å². The Morgan fingerprint density at radius 2 is 2.08 bits per heavy atom. The minimum Gasteiger partial charge on any atom is -0.491 e. The summed E-state index contributed by atoms with van der Waals surface area (Å²) in [6, 6.07) is 1.43. The normalized spacial score (nSPS) is 12.8. The Kier molecular flexibility index (Phi) is 4.59. The molecule has 2 aromatic rings. The molecule has 24 heavy (non-hydrogen) atoms. The second kappa shape index (κ2) is 6.81. The third kappa shape index (κ3) is 3.29. The molecule has 9 heteroatoms. The lowest BCUT2D eigenvalue weighted by Crippen LogP contribution is -2.31. The fourth-order valence-corrected chi connectivity index (χ4v) is 2.69. The van der Waals surface area contributed by atoms with Gasteiger partial charge in [-0.25, -0.2) is 13.6 Å². The van der Waals surface area contributed by atoms with Gasteiger partial charge < -0.3 is 19.9 Å². The van der Waals surface area contributed by atoms with Crippen LogP contribution < -0.4 is 15.4 Å². The first-order chi connectivity index (χ1) is 11.6. The number of aromatic nitrogens is 3. The van der Waals surface area contributed by atoms with Crippen LogP contribution in [0.5, 0.6) is 5.75 Å². The van der Waals surface area contributed by atoms with Crippen LogP contribution in [-0.4, -0.2) is 34.5 Å². The lowest BCUT2D eigenvalue weighted by molar-refractivity contribution is 0.252. The van der Waals surface area contributed by atoms with Crippen LogP contribution in [0.4, 0.5) is 19.3 Å². The molecule has 1 aromatic heterocycles. The number of amides is 2. The molecule has 3 rings (SSSR count). The summed E-state index contributed by atoms with van der Waals surface area (Å²) >= 11 is 0. The van der Waals surface area contributed by atoms with E-state index in [-0.39, 0.29) is 5.69 Å². The average molecular weight is 337 g/mol. The number of nitrogens with one attached hydrogen (secondary N) is 2. The Morgan fingerprint density at radius 3 is 2.79 bits per heavy atom. The van der Waals surface area contributed by atoms with Gasteiger partial charge in [-0.15, -0.1) is 10.2 Å². The predicted molar refractivity (Wildman–Crippen MR) is 82.0 cm³/mol. The molecule has 1 aromatic carbocycles. The topological polar surface area (TPSA) is 81.1 Å². The van der Waals surface area contributed by atoms with E-state index in [0.29, 0.717) is 13.0 Å². The zero-order valence-electron chi connectivity index (χ0n) is 13.1. The summed E-state index contributed by atoms with van der Waals surface area (Å²) in [5, 5.41) is 13.2. The highest BCUT2D eigenvalue weighted by Gasteiger charge is 2.17. The van der Waals surface area contributed by atoms with E-state index in [0.717, 1.165) is 43.2 Å². The summed E-state index contributed by atoms with van der Waals surface area (Å²) in [6.07, 6.45) is 2.52. The number of hydrogen-bond acceptors (Lipinski definition) is 4.